The van der Waals surface area contributed by atoms with Gasteiger partial charge in [0.2, 0.25) is 0 Å². The van der Waals surface area contributed by atoms with Crippen LogP contribution in [0.5, 0.6) is 5.75 Å². The number of carbonyl (C=O) groups is 1. The Morgan fingerprint density at radius 3 is 2.73 bits per heavy atom. The molecule has 0 spiro atoms. The molecule has 0 saturated heterocycles. The maximum Gasteiger partial charge on any atom is 0.277 e. The number of anilines is 1. The van der Waals surface area contributed by atoms with Gasteiger partial charge < -0.3 is 9.64 Å². The SMILES string of the molecule is CCCN1c2ccc(/C=N/NC(=O)COc3cccc4ccccc34)cc2C(C)=CC1(C)C. The van der Waals surface area contributed by atoms with Crippen molar-refractivity contribution < 1.29 is 9.53 Å². The number of carbonyl (C=O) groups excluding carboxylic acids is 1. The fourth-order valence-corrected chi connectivity index (χ4v) is 4.49. The van der Waals surface area contributed by atoms with Crippen LogP contribution in [0.15, 0.2) is 71.8 Å². The average Bonchev–Trinajstić information content (AvgIpc) is 2.80. The second-order valence-corrected chi connectivity index (χ2v) is 8.97. The van der Waals surface area contributed by atoms with Crippen LogP contribution in [-0.4, -0.2) is 30.8 Å². The molecule has 3 aromatic rings. The number of hydrogen-bond acceptors (Lipinski definition) is 4. The van der Waals surface area contributed by atoms with Crippen molar-refractivity contribution in [3.63, 3.8) is 0 Å². The summed E-state index contributed by atoms with van der Waals surface area (Å²) < 4.78 is 5.73. The third-order valence-electron chi connectivity index (χ3n) is 5.96. The molecule has 4 rings (SSSR count). The zero-order valence-electron chi connectivity index (χ0n) is 19.8. The van der Waals surface area contributed by atoms with Gasteiger partial charge in [0.15, 0.2) is 6.61 Å². The molecule has 0 bridgehead atoms. The number of nitrogens with zero attached hydrogens (tertiary/aromatic N) is 2. The summed E-state index contributed by atoms with van der Waals surface area (Å²) in [7, 11) is 0. The zero-order valence-corrected chi connectivity index (χ0v) is 19.8. The number of nitrogens with one attached hydrogen (secondary N) is 1. The Labute approximate surface area is 195 Å². The molecule has 5 nitrogen and oxygen atoms in total. The molecule has 0 unspecified atom stereocenters. The van der Waals surface area contributed by atoms with E-state index >= 15 is 0 Å². The van der Waals surface area contributed by atoms with Crippen LogP contribution < -0.4 is 15.1 Å². The van der Waals surface area contributed by atoms with E-state index in [2.05, 4.69) is 61.3 Å². The molecule has 0 atom stereocenters. The van der Waals surface area contributed by atoms with E-state index in [-0.39, 0.29) is 18.1 Å². The molecule has 0 aliphatic carbocycles. The smallest absolute Gasteiger partial charge is 0.277 e. The van der Waals surface area contributed by atoms with Crippen LogP contribution in [0.1, 0.15) is 45.2 Å². The first-order valence-electron chi connectivity index (χ1n) is 11.4. The van der Waals surface area contributed by atoms with Crippen molar-refractivity contribution in [2.45, 2.75) is 39.7 Å². The van der Waals surface area contributed by atoms with E-state index < -0.39 is 0 Å². The summed E-state index contributed by atoms with van der Waals surface area (Å²) in [5.41, 5.74) is 7.19. The Hall–Kier alpha value is -3.60. The lowest BCUT2D eigenvalue weighted by molar-refractivity contribution is -0.123. The van der Waals surface area contributed by atoms with Gasteiger partial charge in [-0.25, -0.2) is 5.43 Å². The molecule has 1 aliphatic rings. The van der Waals surface area contributed by atoms with Crippen LogP contribution in [0.25, 0.3) is 16.3 Å². The van der Waals surface area contributed by atoms with Gasteiger partial charge in [-0.3, -0.25) is 4.79 Å². The highest BCUT2D eigenvalue weighted by molar-refractivity contribution is 5.90. The average molecular weight is 442 g/mol. The number of benzene rings is 3. The Balaban J connectivity index is 1.40. The van der Waals surface area contributed by atoms with Gasteiger partial charge >= 0.3 is 0 Å². The maximum atomic E-state index is 12.2. The Morgan fingerprint density at radius 2 is 1.91 bits per heavy atom. The van der Waals surface area contributed by atoms with Crippen LogP contribution in [0.4, 0.5) is 5.69 Å². The van der Waals surface area contributed by atoms with Crippen molar-refractivity contribution in [2.75, 3.05) is 18.1 Å². The lowest BCUT2D eigenvalue weighted by Crippen LogP contribution is -2.45. The van der Waals surface area contributed by atoms with E-state index in [1.165, 1.54) is 16.8 Å². The molecule has 170 valence electrons. The van der Waals surface area contributed by atoms with Gasteiger partial charge in [0.1, 0.15) is 5.75 Å². The third-order valence-corrected chi connectivity index (χ3v) is 5.96. The van der Waals surface area contributed by atoms with Crippen molar-refractivity contribution in [2.24, 2.45) is 5.10 Å². The van der Waals surface area contributed by atoms with Crippen molar-refractivity contribution in [3.8, 4) is 5.75 Å². The number of hydrazone groups is 1. The summed E-state index contributed by atoms with van der Waals surface area (Å²) in [6, 6.07) is 20.1. The number of allylic oxidation sites excluding steroid dienone is 1. The summed E-state index contributed by atoms with van der Waals surface area (Å²) in [6.45, 7) is 9.76. The van der Waals surface area contributed by atoms with Gasteiger partial charge in [0, 0.05) is 23.2 Å². The first kappa shape index (κ1) is 22.6. The molecule has 0 fully saturated rings. The van der Waals surface area contributed by atoms with Crippen molar-refractivity contribution in [1.29, 1.82) is 0 Å². The lowest BCUT2D eigenvalue weighted by atomic mass is 9.88. The Bertz CT molecular complexity index is 1220. The molecule has 33 heavy (non-hydrogen) atoms. The minimum Gasteiger partial charge on any atom is -0.483 e. The number of fused-ring (bicyclic) bond motifs is 2. The number of rotatable bonds is 7. The van der Waals surface area contributed by atoms with Gasteiger partial charge in [0.05, 0.1) is 11.8 Å². The van der Waals surface area contributed by atoms with Gasteiger partial charge in [-0.2, -0.15) is 5.10 Å². The molecule has 1 amide bonds. The normalized spacial score (nSPS) is 14.8. The highest BCUT2D eigenvalue weighted by Crippen LogP contribution is 2.39. The van der Waals surface area contributed by atoms with Gasteiger partial charge in [-0.05, 0) is 61.9 Å². The second-order valence-electron chi connectivity index (χ2n) is 8.97. The third kappa shape index (κ3) is 4.92. The van der Waals surface area contributed by atoms with Crippen molar-refractivity contribution in [1.82, 2.24) is 5.43 Å². The van der Waals surface area contributed by atoms with E-state index in [9.17, 15) is 4.79 Å². The summed E-state index contributed by atoms with van der Waals surface area (Å²) >= 11 is 0. The number of amides is 1. The van der Waals surface area contributed by atoms with Gasteiger partial charge in [0.25, 0.3) is 5.91 Å². The first-order valence-corrected chi connectivity index (χ1v) is 11.4. The van der Waals surface area contributed by atoms with Crippen LogP contribution in [-0.2, 0) is 4.79 Å². The standard InChI is InChI=1S/C28H31N3O2/c1-5-15-31-25-14-13-21(16-24(25)20(2)17-28(31,3)4)18-29-30-27(32)19-33-26-12-8-10-22-9-6-7-11-23(22)26/h6-14,16-18H,5,15,19H2,1-4H3,(H,30,32)/b29-18+. The minimum atomic E-state index is -0.302. The molecule has 1 heterocycles. The van der Waals surface area contributed by atoms with E-state index in [1.807, 2.05) is 48.5 Å². The maximum absolute atomic E-state index is 12.2. The molecule has 0 aromatic heterocycles. The summed E-state index contributed by atoms with van der Waals surface area (Å²) in [5, 5.41) is 6.19. The topological polar surface area (TPSA) is 53.9 Å². The number of hydrogen-bond donors (Lipinski definition) is 1. The summed E-state index contributed by atoms with van der Waals surface area (Å²) in [6.07, 6.45) is 5.08. The van der Waals surface area contributed by atoms with Crippen LogP contribution in [0.2, 0.25) is 0 Å². The number of ether oxygens (including phenoxy) is 1. The van der Waals surface area contributed by atoms with Gasteiger partial charge in [-0.15, -0.1) is 0 Å². The van der Waals surface area contributed by atoms with Crippen molar-refractivity contribution in [3.05, 3.63) is 77.9 Å². The van der Waals surface area contributed by atoms with Crippen LogP contribution in [0, 0.1) is 0 Å². The highest BCUT2D eigenvalue weighted by Gasteiger charge is 2.30. The zero-order chi connectivity index (χ0) is 23.4. The van der Waals surface area contributed by atoms with E-state index in [4.69, 9.17) is 4.74 Å². The van der Waals surface area contributed by atoms with Crippen LogP contribution in [0.3, 0.4) is 0 Å². The fraction of sp³-hybridized carbons (Fsp3) is 0.286. The highest BCUT2D eigenvalue weighted by atomic mass is 16.5. The largest absolute Gasteiger partial charge is 0.483 e. The van der Waals surface area contributed by atoms with E-state index in [0.29, 0.717) is 5.75 Å². The minimum absolute atomic E-state index is 0.0131. The van der Waals surface area contributed by atoms with Gasteiger partial charge in [-0.1, -0.05) is 55.5 Å². The van der Waals surface area contributed by atoms with Crippen molar-refractivity contribution >= 4 is 34.2 Å². The molecular weight excluding hydrogens is 410 g/mol. The summed E-state index contributed by atoms with van der Waals surface area (Å²) in [5.74, 6) is 0.382. The molecular formula is C28H31N3O2. The molecule has 5 heteroatoms. The Morgan fingerprint density at radius 1 is 1.12 bits per heavy atom. The molecule has 0 saturated carbocycles. The molecule has 1 N–H and O–H groups in total. The van der Waals surface area contributed by atoms with E-state index in [1.54, 1.807) is 6.21 Å². The lowest BCUT2D eigenvalue weighted by Gasteiger charge is -2.43. The molecule has 1 aliphatic heterocycles. The monoisotopic (exact) mass is 441 g/mol. The Kier molecular flexibility index (Phi) is 6.50. The first-order chi connectivity index (χ1) is 15.9. The van der Waals surface area contributed by atoms with Crippen LogP contribution >= 0.6 is 0 Å². The van der Waals surface area contributed by atoms with E-state index in [0.717, 1.165) is 29.3 Å². The summed E-state index contributed by atoms with van der Waals surface area (Å²) in [4.78, 5) is 14.7. The predicted molar refractivity (Wildman–Crippen MR) is 137 cm³/mol. The fourth-order valence-electron chi connectivity index (χ4n) is 4.49. The quantitative estimate of drug-likeness (QED) is 0.373. The second kappa shape index (κ2) is 9.49. The molecule has 0 radical (unpaired) electrons. The predicted octanol–water partition coefficient (Wildman–Crippen LogP) is 5.78. The molecule has 3 aromatic carbocycles.